The SMILES string of the molecule is COc1ccc(C(=O)c2ccccc2O)c(O)c1.Cc1cc(-n2nc3ccc(Cl)cc3n2)c(O)c(C(C)(C)C)c1. The summed E-state index contributed by atoms with van der Waals surface area (Å²) in [7, 11) is 1.47. The van der Waals surface area contributed by atoms with Crippen LogP contribution in [0.25, 0.3) is 16.7 Å². The van der Waals surface area contributed by atoms with Gasteiger partial charge in [0, 0.05) is 16.7 Å². The van der Waals surface area contributed by atoms with Crippen LogP contribution in [0.5, 0.6) is 23.0 Å². The molecule has 206 valence electrons. The maximum absolute atomic E-state index is 12.1. The zero-order chi connectivity index (χ0) is 29.2. The number of fused-ring (bicyclic) bond motifs is 1. The molecule has 8 nitrogen and oxygen atoms in total. The summed E-state index contributed by atoms with van der Waals surface area (Å²) in [5, 5.41) is 39.5. The van der Waals surface area contributed by atoms with Crippen LogP contribution in [-0.2, 0) is 5.41 Å². The van der Waals surface area contributed by atoms with Crippen molar-refractivity contribution in [1.82, 2.24) is 15.0 Å². The molecule has 4 aromatic carbocycles. The van der Waals surface area contributed by atoms with Crippen molar-refractivity contribution in [1.29, 1.82) is 0 Å². The van der Waals surface area contributed by atoms with E-state index in [2.05, 4.69) is 31.0 Å². The first-order valence-corrected chi connectivity index (χ1v) is 12.8. The van der Waals surface area contributed by atoms with Crippen LogP contribution >= 0.6 is 11.6 Å². The molecule has 0 fully saturated rings. The Kier molecular flexibility index (Phi) is 8.02. The van der Waals surface area contributed by atoms with E-state index in [1.54, 1.807) is 30.3 Å². The number of hydrogen-bond acceptors (Lipinski definition) is 7. The molecule has 1 heterocycles. The summed E-state index contributed by atoms with van der Waals surface area (Å²) in [6.45, 7) is 8.20. The first-order valence-electron chi connectivity index (χ1n) is 12.5. The Morgan fingerprint density at radius 2 is 1.52 bits per heavy atom. The predicted octanol–water partition coefficient (Wildman–Crippen LogP) is 6.72. The molecular weight excluding hydrogens is 530 g/mol. The molecule has 0 atom stereocenters. The molecule has 0 saturated carbocycles. The molecule has 0 amide bonds. The lowest BCUT2D eigenvalue weighted by Crippen LogP contribution is -2.13. The molecule has 9 heteroatoms. The average Bonchev–Trinajstić information content (AvgIpc) is 3.32. The van der Waals surface area contributed by atoms with E-state index in [0.717, 1.165) is 16.6 Å². The average molecular weight is 560 g/mol. The number of ketones is 1. The Hall–Kier alpha value is -4.56. The molecule has 0 saturated heterocycles. The Labute approximate surface area is 237 Å². The minimum atomic E-state index is -0.437. The standard InChI is InChI=1S/C17H18ClN3O.C14H12O4/c1-10-7-12(17(2,3)4)16(22)15(8-10)21-19-13-6-5-11(18)9-14(13)20-21;1-18-9-6-7-11(13(16)8-9)14(17)10-4-2-3-5-12(10)15/h5-9,22H,1-4H3;2-8,15-16H,1H3. The van der Waals surface area contributed by atoms with Gasteiger partial charge in [0.25, 0.3) is 0 Å². The summed E-state index contributed by atoms with van der Waals surface area (Å²) in [5.41, 5.74) is 4.06. The molecular formula is C31H30ClN3O5. The normalized spacial score (nSPS) is 11.2. The Bertz CT molecular complexity index is 1710. The highest BCUT2D eigenvalue weighted by Gasteiger charge is 2.22. The number of methoxy groups -OCH3 is 1. The van der Waals surface area contributed by atoms with Gasteiger partial charge in [0.15, 0.2) is 5.78 Å². The summed E-state index contributed by atoms with van der Waals surface area (Å²) in [4.78, 5) is 13.6. The van der Waals surface area contributed by atoms with Gasteiger partial charge in [-0.1, -0.05) is 50.6 Å². The number of hydrogen-bond donors (Lipinski definition) is 3. The minimum Gasteiger partial charge on any atom is -0.507 e. The summed E-state index contributed by atoms with van der Waals surface area (Å²) in [6, 6.07) is 19.8. The van der Waals surface area contributed by atoms with E-state index in [1.807, 2.05) is 25.1 Å². The van der Waals surface area contributed by atoms with Crippen molar-refractivity contribution in [2.24, 2.45) is 0 Å². The lowest BCUT2D eigenvalue weighted by molar-refractivity contribution is 0.103. The van der Waals surface area contributed by atoms with Crippen LogP contribution < -0.4 is 4.74 Å². The van der Waals surface area contributed by atoms with Crippen molar-refractivity contribution < 1.29 is 24.9 Å². The zero-order valence-electron chi connectivity index (χ0n) is 22.8. The van der Waals surface area contributed by atoms with Crippen LogP contribution in [0.2, 0.25) is 5.02 Å². The van der Waals surface area contributed by atoms with Crippen molar-refractivity contribution >= 4 is 28.4 Å². The van der Waals surface area contributed by atoms with Crippen molar-refractivity contribution in [3.63, 3.8) is 0 Å². The van der Waals surface area contributed by atoms with E-state index in [9.17, 15) is 20.1 Å². The van der Waals surface area contributed by atoms with Gasteiger partial charge >= 0.3 is 0 Å². The molecule has 5 rings (SSSR count). The van der Waals surface area contributed by atoms with Crippen molar-refractivity contribution in [2.75, 3.05) is 7.11 Å². The summed E-state index contributed by atoms with van der Waals surface area (Å²) < 4.78 is 4.94. The second-order valence-electron chi connectivity index (χ2n) is 10.3. The first kappa shape index (κ1) is 28.4. The van der Waals surface area contributed by atoms with Crippen LogP contribution in [0.4, 0.5) is 0 Å². The number of nitrogens with zero attached hydrogens (tertiary/aromatic N) is 3. The van der Waals surface area contributed by atoms with Gasteiger partial charge in [0.05, 0.1) is 18.2 Å². The lowest BCUT2D eigenvalue weighted by Gasteiger charge is -2.22. The summed E-state index contributed by atoms with van der Waals surface area (Å²) >= 11 is 5.99. The molecule has 0 spiro atoms. The minimum absolute atomic E-state index is 0.113. The number of benzene rings is 4. The largest absolute Gasteiger partial charge is 0.507 e. The van der Waals surface area contributed by atoms with E-state index in [0.29, 0.717) is 22.0 Å². The van der Waals surface area contributed by atoms with E-state index in [4.69, 9.17) is 16.3 Å². The summed E-state index contributed by atoms with van der Waals surface area (Å²) in [5.74, 6) is -0.0561. The number of aromatic nitrogens is 3. The molecule has 1 aromatic heterocycles. The highest BCUT2D eigenvalue weighted by Crippen LogP contribution is 2.36. The molecule has 0 aliphatic heterocycles. The number of aryl methyl sites for hydroxylation is 1. The molecule has 40 heavy (non-hydrogen) atoms. The first-order chi connectivity index (χ1) is 18.9. The van der Waals surface area contributed by atoms with Crippen molar-refractivity contribution in [3.8, 4) is 28.7 Å². The van der Waals surface area contributed by atoms with Gasteiger partial charge in [-0.2, -0.15) is 0 Å². The summed E-state index contributed by atoms with van der Waals surface area (Å²) in [6.07, 6.45) is 0. The number of ether oxygens (including phenoxy) is 1. The predicted molar refractivity (Wildman–Crippen MR) is 155 cm³/mol. The Morgan fingerprint density at radius 1 is 0.850 bits per heavy atom. The fraction of sp³-hybridized carbons (Fsp3) is 0.194. The van der Waals surface area contributed by atoms with E-state index < -0.39 is 5.78 Å². The number of carbonyl (C=O) groups excluding carboxylic acids is 1. The quantitative estimate of drug-likeness (QED) is 0.209. The van der Waals surface area contributed by atoms with Gasteiger partial charge in [-0.25, -0.2) is 0 Å². The number of para-hydroxylation sites is 1. The van der Waals surface area contributed by atoms with E-state index >= 15 is 0 Å². The molecule has 0 aliphatic rings. The second-order valence-corrected chi connectivity index (χ2v) is 10.7. The highest BCUT2D eigenvalue weighted by atomic mass is 35.5. The molecule has 0 radical (unpaired) electrons. The molecule has 0 aliphatic carbocycles. The third kappa shape index (κ3) is 6.02. The third-order valence-electron chi connectivity index (χ3n) is 6.20. The molecule has 3 N–H and O–H groups in total. The lowest BCUT2D eigenvalue weighted by atomic mass is 9.85. The number of rotatable bonds is 4. The Morgan fingerprint density at radius 3 is 2.17 bits per heavy atom. The van der Waals surface area contributed by atoms with Crippen molar-refractivity contribution in [3.05, 3.63) is 100 Å². The maximum atomic E-state index is 12.1. The fourth-order valence-electron chi connectivity index (χ4n) is 4.12. The van der Waals surface area contributed by atoms with Gasteiger partial charge < -0.3 is 20.1 Å². The van der Waals surface area contributed by atoms with Crippen LogP contribution in [-0.4, -0.2) is 43.2 Å². The molecule has 0 bridgehead atoms. The Balaban J connectivity index is 0.000000189. The third-order valence-corrected chi connectivity index (χ3v) is 6.43. The number of aromatic hydroxyl groups is 3. The van der Waals surface area contributed by atoms with Gasteiger partial charge in [0.2, 0.25) is 0 Å². The van der Waals surface area contributed by atoms with Crippen LogP contribution in [0.15, 0.2) is 72.8 Å². The topological polar surface area (TPSA) is 118 Å². The number of phenols is 3. The van der Waals surface area contributed by atoms with Gasteiger partial charge in [-0.3, -0.25) is 4.79 Å². The smallest absolute Gasteiger partial charge is 0.200 e. The molecule has 5 aromatic rings. The zero-order valence-corrected chi connectivity index (χ0v) is 23.6. The molecule has 0 unspecified atom stereocenters. The van der Waals surface area contributed by atoms with E-state index in [1.165, 1.54) is 36.2 Å². The van der Waals surface area contributed by atoms with E-state index in [-0.39, 0.29) is 33.8 Å². The van der Waals surface area contributed by atoms with Crippen molar-refractivity contribution in [2.45, 2.75) is 33.1 Å². The number of halogens is 1. The highest BCUT2D eigenvalue weighted by molar-refractivity contribution is 6.31. The van der Waals surface area contributed by atoms with Crippen LogP contribution in [0.3, 0.4) is 0 Å². The van der Waals surface area contributed by atoms with Gasteiger partial charge in [-0.15, -0.1) is 15.0 Å². The van der Waals surface area contributed by atoms with Gasteiger partial charge in [-0.05, 0) is 66.4 Å². The van der Waals surface area contributed by atoms with Gasteiger partial charge in [0.1, 0.15) is 39.7 Å². The van der Waals surface area contributed by atoms with Crippen LogP contribution in [0.1, 0.15) is 47.8 Å². The monoisotopic (exact) mass is 559 g/mol. The number of carbonyl (C=O) groups is 1. The fourth-order valence-corrected chi connectivity index (χ4v) is 4.29. The maximum Gasteiger partial charge on any atom is 0.200 e. The second kappa shape index (κ2) is 11.3. The van der Waals surface area contributed by atoms with Crippen LogP contribution in [0, 0.1) is 6.92 Å². The number of phenolic OH excluding ortho intramolecular Hbond substituents is 3.